The van der Waals surface area contributed by atoms with Crippen molar-refractivity contribution in [3.05, 3.63) is 285 Å². The van der Waals surface area contributed by atoms with Gasteiger partial charge in [-0.25, -0.2) is 0 Å². The summed E-state index contributed by atoms with van der Waals surface area (Å²) in [5, 5.41) is 5.12. The summed E-state index contributed by atoms with van der Waals surface area (Å²) in [6, 6.07) is 86.7. The first kappa shape index (κ1) is 44.8. The second kappa shape index (κ2) is 19.1. The van der Waals surface area contributed by atoms with Crippen LogP contribution in [-0.2, 0) is 4.79 Å². The van der Waals surface area contributed by atoms with Crippen molar-refractivity contribution in [3.63, 3.8) is 0 Å². The fourth-order valence-electron chi connectivity index (χ4n) is 10.8. The summed E-state index contributed by atoms with van der Waals surface area (Å²) in [5.41, 5.74) is 21.9. The highest BCUT2D eigenvalue weighted by Gasteiger charge is 2.40. The van der Waals surface area contributed by atoms with Gasteiger partial charge in [-0.05, 0) is 142 Å². The maximum Gasteiger partial charge on any atom is 0.195 e. The average Bonchev–Trinajstić information content (AvgIpc) is 4.07. The Bertz CT molecular complexity index is 3910. The van der Waals surface area contributed by atoms with Crippen molar-refractivity contribution in [2.45, 2.75) is 0 Å². The average molecular weight is 1050 g/mol. The number of carbonyl (C=O) groups is 1. The van der Waals surface area contributed by atoms with Gasteiger partial charge in [0.25, 0.3) is 0 Å². The molecule has 0 amide bonds. The molecule has 0 aliphatic heterocycles. The van der Waals surface area contributed by atoms with Crippen LogP contribution >= 0.6 is 31.9 Å². The molecule has 0 bridgehead atoms. The Labute approximate surface area is 436 Å². The van der Waals surface area contributed by atoms with Crippen LogP contribution < -0.4 is 0 Å². The number of Topliss-reactive ketones (excluding diaryl/α,β-unsaturated/α-hetero) is 1. The van der Waals surface area contributed by atoms with Gasteiger partial charge >= 0.3 is 0 Å². The molecule has 3 heteroatoms. The highest BCUT2D eigenvalue weighted by molar-refractivity contribution is 9.10. The first-order chi connectivity index (χ1) is 35.5. The van der Waals surface area contributed by atoms with Crippen molar-refractivity contribution in [3.8, 4) is 68.0 Å². The molecule has 11 aromatic rings. The van der Waals surface area contributed by atoms with Crippen LogP contribution in [-0.4, -0.2) is 5.78 Å². The quantitative estimate of drug-likeness (QED) is 0.157. The second-order valence-corrected chi connectivity index (χ2v) is 19.8. The number of terminal acetylenes is 1. The zero-order valence-electron chi connectivity index (χ0n) is 38.9. The van der Waals surface area contributed by atoms with Crippen molar-refractivity contribution >= 4 is 81.5 Å². The van der Waals surface area contributed by atoms with E-state index in [1.165, 1.54) is 88.3 Å². The Balaban J connectivity index is 0.000000128. The van der Waals surface area contributed by atoms with Crippen molar-refractivity contribution in [1.82, 2.24) is 0 Å². The van der Waals surface area contributed by atoms with Crippen molar-refractivity contribution in [2.75, 3.05) is 0 Å². The zero-order valence-corrected chi connectivity index (χ0v) is 42.1. The van der Waals surface area contributed by atoms with E-state index >= 15 is 0 Å². The molecule has 338 valence electrons. The van der Waals surface area contributed by atoms with Crippen LogP contribution in [0.5, 0.6) is 0 Å². The summed E-state index contributed by atoms with van der Waals surface area (Å²) < 4.78 is 2.14. The van der Waals surface area contributed by atoms with Crippen molar-refractivity contribution < 1.29 is 4.79 Å². The lowest BCUT2D eigenvalue weighted by Gasteiger charge is -2.21. The van der Waals surface area contributed by atoms with Crippen LogP contribution in [0.3, 0.4) is 0 Å². The summed E-state index contributed by atoms with van der Waals surface area (Å²) in [7, 11) is 0. The minimum Gasteiger partial charge on any atom is -0.289 e. The van der Waals surface area contributed by atoms with Crippen molar-refractivity contribution in [1.29, 1.82) is 0 Å². The van der Waals surface area contributed by atoms with Crippen LogP contribution in [0.15, 0.2) is 258 Å². The molecule has 0 saturated heterocycles. The largest absolute Gasteiger partial charge is 0.289 e. The highest BCUT2D eigenvalue weighted by Crippen LogP contribution is 2.58. The minimum atomic E-state index is 0.119. The third-order valence-corrected chi connectivity index (χ3v) is 14.9. The van der Waals surface area contributed by atoms with Crippen LogP contribution in [0.4, 0.5) is 0 Å². The minimum absolute atomic E-state index is 0.119. The SMILES string of the molecule is Brc1ccc(-c2cc(-c3ccccc3)c3c(c2-c2ccccc2)-c2cccc4cccc-3c24)cc1.C#Cc1ccc(Br)cc1.O=C1C(c2ccccc2)=C2C(=C1c1ccccc1)c1cccc3cccc2c13. The number of hydrogen-bond donors (Lipinski definition) is 0. The molecule has 0 heterocycles. The number of halogens is 2. The summed E-state index contributed by atoms with van der Waals surface area (Å²) in [4.78, 5) is 13.7. The van der Waals surface area contributed by atoms with Crippen LogP contribution in [0.25, 0.3) is 99.5 Å². The van der Waals surface area contributed by atoms with Crippen LogP contribution in [0.2, 0.25) is 0 Å². The Kier molecular flexibility index (Phi) is 11.9. The normalized spacial score (nSPS) is 12.5. The summed E-state index contributed by atoms with van der Waals surface area (Å²) in [6.45, 7) is 0. The van der Waals surface area contributed by atoms with Gasteiger partial charge in [0.1, 0.15) is 0 Å². The Morgan fingerprint density at radius 1 is 0.306 bits per heavy atom. The third-order valence-electron chi connectivity index (χ3n) is 13.9. The number of rotatable bonds is 5. The van der Waals surface area contributed by atoms with Gasteiger partial charge in [0.15, 0.2) is 5.78 Å². The number of hydrogen-bond acceptors (Lipinski definition) is 1. The number of allylic oxidation sites excluding steroid dienone is 4. The predicted molar refractivity (Wildman–Crippen MR) is 310 cm³/mol. The first-order valence-corrected chi connectivity index (χ1v) is 25.5. The lowest BCUT2D eigenvalue weighted by Crippen LogP contribution is -2.02. The van der Waals surface area contributed by atoms with E-state index in [-0.39, 0.29) is 5.78 Å². The van der Waals surface area contributed by atoms with E-state index < -0.39 is 0 Å². The Morgan fingerprint density at radius 3 is 1.15 bits per heavy atom. The molecule has 0 fully saturated rings. The van der Waals surface area contributed by atoms with E-state index in [1.54, 1.807) is 0 Å². The Morgan fingerprint density at radius 2 is 0.681 bits per heavy atom. The number of ketones is 1. The van der Waals surface area contributed by atoms with Gasteiger partial charge in [-0.2, -0.15) is 0 Å². The maximum atomic E-state index is 13.7. The Hall–Kier alpha value is -8.39. The van der Waals surface area contributed by atoms with Gasteiger partial charge in [-0.1, -0.05) is 244 Å². The standard InChI is InChI=1S/C34H21Br.C27H16O.C8H5Br/c35-26-19-17-23(18-20-26)29-21-30(22-9-3-1-4-10-22)33-27-15-7-13-24-14-8-16-28(31(24)27)34(33)32(29)25-11-5-2-6-12-25;28-27-23(18-9-3-1-4-10-18)25-20-15-7-13-17-14-8-16-21(22(17)20)26(25)24(27)19-11-5-2-6-12-19;1-2-7-3-5-8(9)6-4-7/h1-21H;1-16H;1,3-6H. The van der Waals surface area contributed by atoms with Gasteiger partial charge in [0, 0.05) is 36.8 Å². The number of carbonyl (C=O) groups excluding carboxylic acids is 1. The molecule has 0 aromatic heterocycles. The second-order valence-electron chi connectivity index (χ2n) is 18.0. The number of benzene rings is 11. The summed E-state index contributed by atoms with van der Waals surface area (Å²) in [6.07, 6.45) is 5.13. The molecule has 11 aromatic carbocycles. The van der Waals surface area contributed by atoms with Crippen LogP contribution in [0, 0.1) is 12.3 Å². The maximum absolute atomic E-state index is 13.7. The van der Waals surface area contributed by atoms with Crippen molar-refractivity contribution in [2.24, 2.45) is 0 Å². The summed E-state index contributed by atoms with van der Waals surface area (Å²) in [5.74, 6) is 2.65. The molecule has 3 aliphatic carbocycles. The fourth-order valence-corrected chi connectivity index (χ4v) is 11.3. The molecule has 0 atom stereocenters. The summed E-state index contributed by atoms with van der Waals surface area (Å²) >= 11 is 6.93. The smallest absolute Gasteiger partial charge is 0.195 e. The molecular weight excluding hydrogens is 1000 g/mol. The molecule has 14 rings (SSSR count). The molecule has 0 spiro atoms. The van der Waals surface area contributed by atoms with Gasteiger partial charge < -0.3 is 0 Å². The van der Waals surface area contributed by atoms with Gasteiger partial charge in [0.05, 0.1) is 0 Å². The molecule has 0 radical (unpaired) electrons. The molecule has 0 unspecified atom stereocenters. The van der Waals surface area contributed by atoms with Crippen LogP contribution in [0.1, 0.15) is 27.8 Å². The zero-order chi connectivity index (χ0) is 48.7. The molecule has 3 aliphatic rings. The molecule has 1 nitrogen and oxygen atoms in total. The first-order valence-electron chi connectivity index (χ1n) is 24.0. The fraction of sp³-hybridized carbons (Fsp3) is 0. The highest BCUT2D eigenvalue weighted by atomic mass is 79.9. The lowest BCUT2D eigenvalue weighted by molar-refractivity contribution is -0.108. The van der Waals surface area contributed by atoms with Gasteiger partial charge in [-0.15, -0.1) is 6.42 Å². The molecule has 0 N–H and O–H groups in total. The van der Waals surface area contributed by atoms with E-state index in [0.29, 0.717) is 0 Å². The van der Waals surface area contributed by atoms with Gasteiger partial charge in [-0.3, -0.25) is 4.79 Å². The van der Waals surface area contributed by atoms with E-state index in [4.69, 9.17) is 6.42 Å². The van der Waals surface area contributed by atoms with Gasteiger partial charge in [0.2, 0.25) is 0 Å². The molecule has 0 saturated carbocycles. The van der Waals surface area contributed by atoms with E-state index in [0.717, 1.165) is 47.9 Å². The number of fused-ring (bicyclic) bond motifs is 6. The molecule has 72 heavy (non-hydrogen) atoms. The topological polar surface area (TPSA) is 17.1 Å². The third kappa shape index (κ3) is 7.87. The lowest BCUT2D eigenvalue weighted by atomic mass is 9.82. The van der Waals surface area contributed by atoms with E-state index in [2.05, 4.69) is 202 Å². The van der Waals surface area contributed by atoms with E-state index in [9.17, 15) is 4.79 Å². The van der Waals surface area contributed by atoms with E-state index in [1.807, 2.05) is 84.9 Å². The predicted octanol–water partition coefficient (Wildman–Crippen LogP) is 18.9. The monoisotopic (exact) mass is 1040 g/mol. The molecular formula is C69H42Br2O.